The van der Waals surface area contributed by atoms with E-state index in [9.17, 15) is 0 Å². The molecule has 0 N–H and O–H groups in total. The zero-order valence-electron chi connectivity index (χ0n) is 6.49. The van der Waals surface area contributed by atoms with E-state index in [0.29, 0.717) is 0 Å². The van der Waals surface area contributed by atoms with Gasteiger partial charge in [0.05, 0.1) is 0 Å². The minimum Gasteiger partial charge on any atom is -1.00 e. The van der Waals surface area contributed by atoms with E-state index in [4.69, 9.17) is 0 Å². The number of hydrogen-bond donors (Lipinski definition) is 0. The second kappa shape index (κ2) is 9.10. The van der Waals surface area contributed by atoms with Gasteiger partial charge in [0, 0.05) is 0 Å². The molecule has 0 heterocycles. The van der Waals surface area contributed by atoms with Crippen LogP contribution >= 0.6 is 0 Å². The predicted octanol–water partition coefficient (Wildman–Crippen LogP) is -0.218. The number of halogens is 1. The van der Waals surface area contributed by atoms with Crippen LogP contribution in [0.1, 0.15) is 33.1 Å². The molecule has 0 radical (unpaired) electrons. The van der Waals surface area contributed by atoms with Gasteiger partial charge >= 0.3 is 62.3 Å². The van der Waals surface area contributed by atoms with Crippen LogP contribution in [0.4, 0.5) is 0 Å². The first-order valence-electron chi connectivity index (χ1n) is 3.60. The van der Waals surface area contributed by atoms with Gasteiger partial charge in [0.2, 0.25) is 0 Å². The van der Waals surface area contributed by atoms with Crippen LogP contribution in [-0.2, 0) is 18.3 Å². The molecule has 0 saturated heterocycles. The van der Waals surface area contributed by atoms with E-state index in [0.717, 1.165) is 5.92 Å². The number of hydrogen-bond acceptors (Lipinski definition) is 0. The molecule has 1 unspecified atom stereocenters. The van der Waals surface area contributed by atoms with Gasteiger partial charge in [-0.3, -0.25) is 0 Å². The maximum Gasteiger partial charge on any atom is -1.00 e. The third kappa shape index (κ3) is 9.10. The Hall–Kier alpha value is 1.10. The van der Waals surface area contributed by atoms with Crippen molar-refractivity contribution < 1.29 is 35.3 Å². The van der Waals surface area contributed by atoms with Gasteiger partial charge in [-0.15, -0.1) is 0 Å². The molecule has 0 nitrogen and oxygen atoms in total. The second-order valence-electron chi connectivity index (χ2n) is 2.54. The summed E-state index contributed by atoms with van der Waals surface area (Å²) in [5.74, 6) is 1.01. The van der Waals surface area contributed by atoms with Crippen molar-refractivity contribution in [3.63, 3.8) is 0 Å². The smallest absolute Gasteiger partial charge is 1.00 e. The maximum absolute atomic E-state index is 2.36. The van der Waals surface area contributed by atoms with Crippen molar-refractivity contribution in [2.45, 2.75) is 38.1 Å². The molecule has 0 bridgehead atoms. The van der Waals surface area contributed by atoms with E-state index >= 15 is 0 Å². The monoisotopic (exact) mass is 242 g/mol. The Morgan fingerprint density at radius 1 is 1.44 bits per heavy atom. The first kappa shape index (κ1) is 12.8. The van der Waals surface area contributed by atoms with Gasteiger partial charge < -0.3 is 17.0 Å². The minimum absolute atomic E-state index is 0. The molecule has 0 saturated carbocycles. The molecule has 0 amide bonds. The quantitative estimate of drug-likeness (QED) is 0.600. The molecular formula is C7H15BrZn. The van der Waals surface area contributed by atoms with Crippen LogP contribution in [0.15, 0.2) is 0 Å². The van der Waals surface area contributed by atoms with Crippen molar-refractivity contribution in [1.82, 2.24) is 0 Å². The number of unbranched alkanes of at least 4 members (excludes halogenated alkanes) is 1. The fourth-order valence-electron chi connectivity index (χ4n) is 0.697. The first-order chi connectivity index (χ1) is 3.81. The second-order valence-corrected chi connectivity index (χ2v) is 3.75. The summed E-state index contributed by atoms with van der Waals surface area (Å²) in [6, 6.07) is 0. The molecule has 0 spiro atoms. The maximum atomic E-state index is 2.36. The van der Waals surface area contributed by atoms with E-state index in [1.165, 1.54) is 42.6 Å². The summed E-state index contributed by atoms with van der Waals surface area (Å²) in [5.41, 5.74) is 0. The van der Waals surface area contributed by atoms with Crippen LogP contribution in [0.2, 0.25) is 5.02 Å². The van der Waals surface area contributed by atoms with Crippen molar-refractivity contribution >= 4 is 0 Å². The summed E-state index contributed by atoms with van der Waals surface area (Å²) in [4.78, 5) is 0. The molecule has 0 aliphatic carbocycles. The molecule has 0 aromatic rings. The van der Waals surface area contributed by atoms with Crippen molar-refractivity contribution in [2.24, 2.45) is 5.92 Å². The molecule has 0 rings (SSSR count). The van der Waals surface area contributed by atoms with Gasteiger partial charge in [-0.1, -0.05) is 0 Å². The summed E-state index contributed by atoms with van der Waals surface area (Å²) >= 11 is 1.48. The SMILES string of the molecule is CCCCC(C)[CH2][Zn+].[Br-]. The Bertz CT molecular complexity index is 48.2. The van der Waals surface area contributed by atoms with E-state index in [1.807, 2.05) is 0 Å². The van der Waals surface area contributed by atoms with Crippen molar-refractivity contribution in [1.29, 1.82) is 0 Å². The van der Waals surface area contributed by atoms with Crippen molar-refractivity contribution in [2.75, 3.05) is 0 Å². The van der Waals surface area contributed by atoms with Gasteiger partial charge in [-0.05, 0) is 0 Å². The van der Waals surface area contributed by atoms with Crippen LogP contribution in [0, 0.1) is 5.92 Å². The Labute approximate surface area is 79.2 Å². The molecule has 0 aromatic heterocycles. The summed E-state index contributed by atoms with van der Waals surface area (Å²) in [6.45, 7) is 4.62. The normalized spacial score (nSPS) is 12.4. The fraction of sp³-hybridized carbons (Fsp3) is 1.00. The van der Waals surface area contributed by atoms with Crippen molar-refractivity contribution in [3.05, 3.63) is 0 Å². The minimum atomic E-state index is 0. The largest absolute Gasteiger partial charge is 1.00 e. The molecule has 52 valence electrons. The van der Waals surface area contributed by atoms with Crippen LogP contribution in [0.25, 0.3) is 0 Å². The van der Waals surface area contributed by atoms with E-state index in [1.54, 1.807) is 0 Å². The number of rotatable bonds is 4. The average molecular weight is 244 g/mol. The van der Waals surface area contributed by atoms with Gasteiger partial charge in [-0.2, -0.15) is 0 Å². The Kier molecular flexibility index (Phi) is 12.9. The van der Waals surface area contributed by atoms with Gasteiger partial charge in [0.25, 0.3) is 0 Å². The van der Waals surface area contributed by atoms with Crippen LogP contribution in [0.5, 0.6) is 0 Å². The Morgan fingerprint density at radius 3 is 2.33 bits per heavy atom. The van der Waals surface area contributed by atoms with E-state index in [-0.39, 0.29) is 17.0 Å². The summed E-state index contributed by atoms with van der Waals surface area (Å²) in [5, 5.41) is 1.47. The zero-order valence-corrected chi connectivity index (χ0v) is 11.0. The standard InChI is InChI=1S/C7H15.BrH.Zn/c1-4-5-6-7(2)3;;/h7H,2,4-6H2,1,3H3;1H;/q;;+1/p-1. The van der Waals surface area contributed by atoms with Gasteiger partial charge in [0.1, 0.15) is 0 Å². The van der Waals surface area contributed by atoms with Gasteiger partial charge in [-0.25, -0.2) is 0 Å². The van der Waals surface area contributed by atoms with E-state index < -0.39 is 0 Å². The third-order valence-corrected chi connectivity index (χ3v) is 3.61. The van der Waals surface area contributed by atoms with Crippen LogP contribution in [0.3, 0.4) is 0 Å². The van der Waals surface area contributed by atoms with Gasteiger partial charge in [0.15, 0.2) is 0 Å². The molecule has 1 atom stereocenters. The van der Waals surface area contributed by atoms with E-state index in [2.05, 4.69) is 13.8 Å². The summed E-state index contributed by atoms with van der Waals surface area (Å²) < 4.78 is 0. The molecular weight excluding hydrogens is 229 g/mol. The summed E-state index contributed by atoms with van der Waals surface area (Å²) in [6.07, 6.45) is 4.25. The molecule has 0 fully saturated rings. The van der Waals surface area contributed by atoms with Crippen LogP contribution < -0.4 is 17.0 Å². The molecule has 0 aliphatic rings. The average Bonchev–Trinajstić information content (AvgIpc) is 1.83. The third-order valence-electron chi connectivity index (χ3n) is 1.54. The first-order valence-corrected chi connectivity index (χ1v) is 5.70. The predicted molar refractivity (Wildman–Crippen MR) is 33.5 cm³/mol. The molecule has 9 heavy (non-hydrogen) atoms. The van der Waals surface area contributed by atoms with Crippen LogP contribution in [-0.4, -0.2) is 0 Å². The molecule has 0 aromatic carbocycles. The fourth-order valence-corrected chi connectivity index (χ4v) is 1.30. The zero-order chi connectivity index (χ0) is 6.41. The molecule has 0 aliphatic heterocycles. The topological polar surface area (TPSA) is 0 Å². The molecule has 2 heteroatoms. The summed E-state index contributed by atoms with van der Waals surface area (Å²) in [7, 11) is 0. The Balaban J connectivity index is 0. The van der Waals surface area contributed by atoms with Crippen molar-refractivity contribution in [3.8, 4) is 0 Å². The Morgan fingerprint density at radius 2 is 2.00 bits per heavy atom.